The summed E-state index contributed by atoms with van der Waals surface area (Å²) >= 11 is 0. The largest absolute Gasteiger partial charge is 0.364 e. The molecule has 1 aromatic carbocycles. The van der Waals surface area contributed by atoms with E-state index in [0.717, 1.165) is 18.2 Å². The summed E-state index contributed by atoms with van der Waals surface area (Å²) in [5.41, 5.74) is -1.76. The van der Waals surface area contributed by atoms with Crippen molar-refractivity contribution < 1.29 is 43.4 Å². The van der Waals surface area contributed by atoms with Crippen LogP contribution in [0.15, 0.2) is 18.2 Å². The Morgan fingerprint density at radius 2 is 1.10 bits per heavy atom. The summed E-state index contributed by atoms with van der Waals surface area (Å²) < 4.78 is 0. The normalized spacial score (nSPS) is 16.4. The van der Waals surface area contributed by atoms with Crippen LogP contribution in [0.4, 0.5) is 5.69 Å². The third-order valence-corrected chi connectivity index (χ3v) is 3.96. The van der Waals surface area contributed by atoms with E-state index in [4.69, 9.17) is 0 Å². The van der Waals surface area contributed by atoms with Crippen LogP contribution in [0.2, 0.25) is 0 Å². The molecule has 0 saturated carbocycles. The molecule has 29 heavy (non-hydrogen) atoms. The molecule has 0 spiro atoms. The molecule has 1 aromatic rings. The van der Waals surface area contributed by atoms with Gasteiger partial charge in [-0.25, -0.2) is 9.59 Å². The lowest BCUT2D eigenvalue weighted by molar-refractivity contribution is -0.384. The second kappa shape index (κ2) is 7.46. The van der Waals surface area contributed by atoms with Gasteiger partial charge in [-0.2, -0.15) is 0 Å². The Bertz CT molecular complexity index is 885. The molecule has 0 radical (unpaired) electrons. The Morgan fingerprint density at radius 1 is 0.759 bits per heavy atom. The molecule has 2 fully saturated rings. The van der Waals surface area contributed by atoms with Gasteiger partial charge in [-0.1, -0.05) is 0 Å². The van der Waals surface area contributed by atoms with Crippen molar-refractivity contribution in [2.75, 3.05) is 0 Å². The molecule has 2 aliphatic rings. The van der Waals surface area contributed by atoms with Crippen molar-refractivity contribution in [3.63, 3.8) is 0 Å². The topological polar surface area (TPSA) is 170 Å². The van der Waals surface area contributed by atoms with Gasteiger partial charge in [-0.05, 0) is 6.07 Å². The van der Waals surface area contributed by atoms with E-state index in [2.05, 4.69) is 9.68 Å². The van der Waals surface area contributed by atoms with Crippen molar-refractivity contribution in [1.82, 2.24) is 10.1 Å². The van der Waals surface area contributed by atoms with Crippen LogP contribution in [-0.4, -0.2) is 50.6 Å². The highest BCUT2D eigenvalue weighted by Crippen LogP contribution is 2.22. The summed E-state index contributed by atoms with van der Waals surface area (Å²) in [5, 5.41) is 11.6. The Balaban J connectivity index is 1.86. The minimum atomic E-state index is -1.31. The van der Waals surface area contributed by atoms with Gasteiger partial charge < -0.3 is 9.68 Å². The monoisotopic (exact) mass is 405 g/mol. The number of imide groups is 2. The number of carbonyl (C=O) groups excluding carboxylic acids is 6. The predicted molar refractivity (Wildman–Crippen MR) is 86.1 cm³/mol. The van der Waals surface area contributed by atoms with Crippen molar-refractivity contribution in [1.29, 1.82) is 0 Å². The van der Waals surface area contributed by atoms with Gasteiger partial charge in [0.2, 0.25) is 0 Å². The Kier molecular flexibility index (Phi) is 5.04. The van der Waals surface area contributed by atoms with Gasteiger partial charge in [-0.3, -0.25) is 29.3 Å². The molecule has 4 amide bonds. The first-order chi connectivity index (χ1) is 13.7. The number of non-ortho nitro benzene ring substituents is 1. The number of hydrogen-bond donors (Lipinski definition) is 0. The number of carbonyl (C=O) groups is 6. The van der Waals surface area contributed by atoms with Crippen molar-refractivity contribution >= 4 is 41.3 Å². The highest BCUT2D eigenvalue weighted by Gasteiger charge is 2.35. The number of nitro groups is 1. The summed E-state index contributed by atoms with van der Waals surface area (Å²) in [5.74, 6) is -5.67. The zero-order valence-corrected chi connectivity index (χ0v) is 14.5. The van der Waals surface area contributed by atoms with Crippen molar-refractivity contribution in [2.45, 2.75) is 25.7 Å². The SMILES string of the molecule is O=C(ON1C(=O)CCC1=O)c1cc(C(=O)ON2C(=O)CCC2=O)cc([N+](=O)[O-])c1. The smallest absolute Gasteiger partial charge is 0.325 e. The summed E-state index contributed by atoms with van der Waals surface area (Å²) in [6.07, 6.45) is -0.625. The number of amides is 4. The van der Waals surface area contributed by atoms with Crippen LogP contribution in [0.25, 0.3) is 0 Å². The standard InChI is InChI=1S/C16H11N3O10/c20-11-1-2-12(21)17(11)28-15(24)8-5-9(7-10(6-8)19(26)27)16(25)29-18-13(22)3-4-14(18)23/h5-7H,1-4H2. The van der Waals surface area contributed by atoms with E-state index in [1.54, 1.807) is 0 Å². The number of hydroxylamine groups is 4. The van der Waals surface area contributed by atoms with Gasteiger partial charge in [0, 0.05) is 37.8 Å². The molecule has 3 rings (SSSR count). The van der Waals surface area contributed by atoms with Gasteiger partial charge in [0.1, 0.15) is 0 Å². The molecule has 0 bridgehead atoms. The van der Waals surface area contributed by atoms with Crippen LogP contribution in [-0.2, 0) is 28.9 Å². The van der Waals surface area contributed by atoms with Crippen molar-refractivity contribution in [2.24, 2.45) is 0 Å². The fraction of sp³-hybridized carbons (Fsp3) is 0.250. The van der Waals surface area contributed by atoms with Gasteiger partial charge >= 0.3 is 11.9 Å². The maximum absolute atomic E-state index is 12.2. The van der Waals surface area contributed by atoms with Crippen LogP contribution >= 0.6 is 0 Å². The second-order valence-corrected chi connectivity index (χ2v) is 5.95. The maximum Gasteiger partial charge on any atom is 0.364 e. The molecule has 13 nitrogen and oxygen atoms in total. The molecule has 2 saturated heterocycles. The van der Waals surface area contributed by atoms with E-state index >= 15 is 0 Å². The van der Waals surface area contributed by atoms with E-state index in [9.17, 15) is 38.9 Å². The number of hydrogen-bond acceptors (Lipinski definition) is 10. The predicted octanol–water partition coefficient (Wildman–Crippen LogP) is 0.0364. The summed E-state index contributed by atoms with van der Waals surface area (Å²) in [4.78, 5) is 90.1. The zero-order valence-electron chi connectivity index (χ0n) is 14.5. The van der Waals surface area contributed by atoms with Gasteiger partial charge in [0.25, 0.3) is 29.3 Å². The number of rotatable bonds is 5. The molecule has 150 valence electrons. The van der Waals surface area contributed by atoms with Crippen LogP contribution in [0.5, 0.6) is 0 Å². The van der Waals surface area contributed by atoms with Crippen molar-refractivity contribution in [3.8, 4) is 0 Å². The lowest BCUT2D eigenvalue weighted by atomic mass is 10.1. The molecular formula is C16H11N3O10. The van der Waals surface area contributed by atoms with Gasteiger partial charge in [0.05, 0.1) is 16.1 Å². The summed E-state index contributed by atoms with van der Waals surface area (Å²) in [6.45, 7) is 0. The summed E-state index contributed by atoms with van der Waals surface area (Å²) in [7, 11) is 0. The van der Waals surface area contributed by atoms with E-state index in [1.165, 1.54) is 0 Å². The second-order valence-electron chi connectivity index (χ2n) is 5.95. The first kappa shape index (κ1) is 19.6. The molecule has 0 unspecified atom stereocenters. The minimum Gasteiger partial charge on any atom is -0.325 e. The number of benzene rings is 1. The molecule has 0 N–H and O–H groups in total. The van der Waals surface area contributed by atoms with Crippen LogP contribution in [0, 0.1) is 10.1 Å². The first-order valence-electron chi connectivity index (χ1n) is 8.13. The maximum atomic E-state index is 12.2. The van der Waals surface area contributed by atoms with E-state index < -0.39 is 57.3 Å². The molecule has 0 aromatic heterocycles. The average Bonchev–Trinajstić information content (AvgIpc) is 3.17. The first-order valence-corrected chi connectivity index (χ1v) is 8.13. The highest BCUT2D eigenvalue weighted by molar-refractivity contribution is 6.04. The molecular weight excluding hydrogens is 394 g/mol. The third-order valence-electron chi connectivity index (χ3n) is 3.96. The zero-order chi connectivity index (χ0) is 21.3. The Labute approximate surface area is 160 Å². The summed E-state index contributed by atoms with van der Waals surface area (Å²) in [6, 6.07) is 2.36. The lowest BCUT2D eigenvalue weighted by Crippen LogP contribution is -2.33. The number of nitrogens with zero attached hydrogens (tertiary/aromatic N) is 3. The van der Waals surface area contributed by atoms with E-state index in [0.29, 0.717) is 0 Å². The molecule has 13 heteroatoms. The third kappa shape index (κ3) is 3.92. The van der Waals surface area contributed by atoms with Crippen molar-refractivity contribution in [3.05, 3.63) is 39.4 Å². The van der Waals surface area contributed by atoms with E-state index in [-0.39, 0.29) is 35.8 Å². The number of nitro benzene ring substituents is 1. The van der Waals surface area contributed by atoms with Crippen LogP contribution in [0.3, 0.4) is 0 Å². The Morgan fingerprint density at radius 3 is 1.41 bits per heavy atom. The minimum absolute atomic E-state index is 0.156. The van der Waals surface area contributed by atoms with E-state index in [1.807, 2.05) is 0 Å². The molecule has 0 aliphatic carbocycles. The molecule has 0 atom stereocenters. The van der Waals surface area contributed by atoms with Crippen LogP contribution in [0.1, 0.15) is 46.4 Å². The Hall–Kier alpha value is -4.16. The molecule has 2 heterocycles. The lowest BCUT2D eigenvalue weighted by Gasteiger charge is -2.14. The molecule has 2 aliphatic heterocycles. The fourth-order valence-corrected chi connectivity index (χ4v) is 2.54. The quantitative estimate of drug-likeness (QED) is 0.370. The van der Waals surface area contributed by atoms with Gasteiger partial charge in [0.15, 0.2) is 0 Å². The fourth-order valence-electron chi connectivity index (χ4n) is 2.54. The van der Waals surface area contributed by atoms with Crippen LogP contribution < -0.4 is 0 Å². The average molecular weight is 405 g/mol. The van der Waals surface area contributed by atoms with Gasteiger partial charge in [-0.15, -0.1) is 10.1 Å². The highest BCUT2D eigenvalue weighted by atomic mass is 16.7.